The number of rotatable bonds is 3. The summed E-state index contributed by atoms with van der Waals surface area (Å²) in [5, 5.41) is 0. The van der Waals surface area contributed by atoms with Gasteiger partial charge in [-0.25, -0.2) is 16.8 Å². The molecule has 0 bridgehead atoms. The molecule has 0 aromatic heterocycles. The highest BCUT2D eigenvalue weighted by molar-refractivity contribution is 7.92. The van der Waals surface area contributed by atoms with Gasteiger partial charge < -0.3 is 4.90 Å². The van der Waals surface area contributed by atoms with E-state index < -0.39 is 30.1 Å². The third-order valence-corrected chi connectivity index (χ3v) is 8.30. The topological polar surface area (TPSA) is 74.8 Å². The molecule has 152 valence electrons. The van der Waals surface area contributed by atoms with Gasteiger partial charge in [-0.2, -0.15) is 13.2 Å². The highest BCUT2D eigenvalue weighted by Gasteiger charge is 2.48. The fraction of sp³-hybridized carbons (Fsp3) is 0.625. The van der Waals surface area contributed by atoms with Crippen molar-refractivity contribution in [2.45, 2.75) is 29.3 Å². The lowest BCUT2D eigenvalue weighted by atomic mass is 10.0. The summed E-state index contributed by atoms with van der Waals surface area (Å²) in [5.74, 6) is 0.250. The average Bonchev–Trinajstić information content (AvgIpc) is 2.61. The van der Waals surface area contributed by atoms with Crippen LogP contribution in [0.3, 0.4) is 0 Å². The third kappa shape index (κ3) is 4.24. The Morgan fingerprint density at radius 3 is 2.07 bits per heavy atom. The Morgan fingerprint density at radius 1 is 0.963 bits per heavy atom. The Balaban J connectivity index is 1.72. The summed E-state index contributed by atoms with van der Waals surface area (Å²) in [6, 6.07) is 5.34. The lowest BCUT2D eigenvalue weighted by Gasteiger charge is -2.41. The van der Waals surface area contributed by atoms with Crippen LogP contribution in [0.1, 0.15) is 12.8 Å². The Bertz CT molecular complexity index is 878. The zero-order chi connectivity index (χ0) is 19.9. The second kappa shape index (κ2) is 7.25. The van der Waals surface area contributed by atoms with Gasteiger partial charge in [0.2, 0.25) is 0 Å². The molecule has 0 aliphatic carbocycles. The van der Waals surface area contributed by atoms with Crippen molar-refractivity contribution in [3.8, 4) is 0 Å². The second-order valence-electron chi connectivity index (χ2n) is 6.82. The molecule has 2 saturated heterocycles. The molecule has 27 heavy (non-hydrogen) atoms. The van der Waals surface area contributed by atoms with Crippen molar-refractivity contribution in [3.05, 3.63) is 24.3 Å². The van der Waals surface area contributed by atoms with Gasteiger partial charge in [-0.1, -0.05) is 12.1 Å². The van der Waals surface area contributed by atoms with Crippen LogP contribution in [0.25, 0.3) is 0 Å². The van der Waals surface area contributed by atoms with Crippen LogP contribution in [0.4, 0.5) is 18.9 Å². The van der Waals surface area contributed by atoms with Crippen LogP contribution < -0.4 is 4.90 Å². The third-order valence-electron chi connectivity index (χ3n) is 5.16. The number of sulfone groups is 2. The van der Waals surface area contributed by atoms with Crippen LogP contribution in [0, 0.1) is 0 Å². The van der Waals surface area contributed by atoms with Gasteiger partial charge in [-0.15, -0.1) is 0 Å². The van der Waals surface area contributed by atoms with Gasteiger partial charge in [-0.3, -0.25) is 4.90 Å². The van der Waals surface area contributed by atoms with Gasteiger partial charge in [0, 0.05) is 32.2 Å². The predicted octanol–water partition coefficient (Wildman–Crippen LogP) is 1.68. The maximum absolute atomic E-state index is 13.0. The van der Waals surface area contributed by atoms with E-state index in [4.69, 9.17) is 0 Å². The van der Waals surface area contributed by atoms with E-state index in [9.17, 15) is 30.0 Å². The van der Waals surface area contributed by atoms with Gasteiger partial charge in [0.15, 0.2) is 9.84 Å². The van der Waals surface area contributed by atoms with Crippen molar-refractivity contribution < 1.29 is 30.0 Å². The van der Waals surface area contributed by atoms with E-state index in [0.717, 1.165) is 6.07 Å². The van der Waals surface area contributed by atoms with E-state index in [1.165, 1.54) is 18.2 Å². The van der Waals surface area contributed by atoms with Crippen LogP contribution in [-0.2, 0) is 19.7 Å². The largest absolute Gasteiger partial charge is 0.501 e. The molecular weight excluding hydrogens is 405 g/mol. The molecule has 0 amide bonds. The number of benzene rings is 1. The van der Waals surface area contributed by atoms with E-state index in [0.29, 0.717) is 39.0 Å². The van der Waals surface area contributed by atoms with Gasteiger partial charge in [0.1, 0.15) is 0 Å². The van der Waals surface area contributed by atoms with Gasteiger partial charge in [0.05, 0.1) is 22.1 Å². The molecule has 2 aliphatic heterocycles. The zero-order valence-corrected chi connectivity index (χ0v) is 16.2. The molecule has 0 unspecified atom stereocenters. The molecule has 0 radical (unpaired) electrons. The minimum atomic E-state index is -5.42. The number of alkyl halides is 3. The number of piperidine rings is 1. The first-order valence-electron chi connectivity index (χ1n) is 8.61. The summed E-state index contributed by atoms with van der Waals surface area (Å²) in [6.45, 7) is 1.76. The monoisotopic (exact) mass is 426 g/mol. The van der Waals surface area contributed by atoms with Crippen LogP contribution in [-0.4, -0.2) is 71.0 Å². The smallest absolute Gasteiger partial charge is 0.370 e. The molecule has 0 atom stereocenters. The molecule has 11 heteroatoms. The lowest BCUT2D eigenvalue weighted by Crippen LogP contribution is -2.50. The normalized spacial score (nSPS) is 22.7. The van der Waals surface area contributed by atoms with E-state index in [2.05, 4.69) is 4.90 Å². The Morgan fingerprint density at radius 2 is 1.52 bits per heavy atom. The molecule has 3 rings (SSSR count). The van der Waals surface area contributed by atoms with E-state index in [-0.39, 0.29) is 23.2 Å². The van der Waals surface area contributed by atoms with Crippen LogP contribution in [0.15, 0.2) is 29.2 Å². The molecule has 0 saturated carbocycles. The van der Waals surface area contributed by atoms with Crippen molar-refractivity contribution >= 4 is 25.4 Å². The first kappa shape index (κ1) is 20.4. The number of halogens is 3. The fourth-order valence-electron chi connectivity index (χ4n) is 3.63. The maximum Gasteiger partial charge on any atom is 0.501 e. The number of anilines is 1. The highest BCUT2D eigenvalue weighted by Crippen LogP contribution is 2.36. The van der Waals surface area contributed by atoms with E-state index in [1.54, 1.807) is 4.90 Å². The quantitative estimate of drug-likeness (QED) is 0.732. The Kier molecular flexibility index (Phi) is 5.48. The fourth-order valence-corrected chi connectivity index (χ4v) is 5.84. The summed E-state index contributed by atoms with van der Waals surface area (Å²) in [5.41, 5.74) is -5.28. The minimum Gasteiger partial charge on any atom is -0.370 e. The first-order valence-corrected chi connectivity index (χ1v) is 11.9. The first-order chi connectivity index (χ1) is 12.5. The number of hydrogen-bond acceptors (Lipinski definition) is 6. The predicted molar refractivity (Wildman–Crippen MR) is 95.1 cm³/mol. The van der Waals surface area contributed by atoms with Gasteiger partial charge >= 0.3 is 5.51 Å². The molecular formula is C16H21F3N2O4S2. The number of nitrogens with zero attached hydrogens (tertiary/aromatic N) is 2. The van der Waals surface area contributed by atoms with Gasteiger partial charge in [-0.05, 0) is 25.0 Å². The maximum atomic E-state index is 13.0. The van der Waals surface area contributed by atoms with Crippen LogP contribution in [0.2, 0.25) is 0 Å². The van der Waals surface area contributed by atoms with E-state index >= 15 is 0 Å². The zero-order valence-electron chi connectivity index (χ0n) is 14.5. The second-order valence-corrected chi connectivity index (χ2v) is 11.0. The molecule has 1 aromatic rings. The van der Waals surface area contributed by atoms with Crippen molar-refractivity contribution in [1.29, 1.82) is 0 Å². The summed E-state index contributed by atoms with van der Waals surface area (Å²) >= 11 is 0. The molecule has 2 aliphatic rings. The van der Waals surface area contributed by atoms with Gasteiger partial charge in [0.25, 0.3) is 9.84 Å². The van der Waals surface area contributed by atoms with Crippen molar-refractivity contribution in [2.24, 2.45) is 0 Å². The van der Waals surface area contributed by atoms with Crippen molar-refractivity contribution in [2.75, 3.05) is 42.6 Å². The molecule has 6 nitrogen and oxygen atoms in total. The SMILES string of the molecule is O=S1(=O)CCN(C2CCN(c3ccccc3S(=O)(=O)C(F)(F)F)CC2)CC1. The molecule has 2 fully saturated rings. The van der Waals surface area contributed by atoms with E-state index in [1.807, 2.05) is 0 Å². The highest BCUT2D eigenvalue weighted by atomic mass is 32.2. The standard InChI is InChI=1S/C16H21F3N2O4S2/c17-16(18,19)27(24,25)15-4-2-1-3-14(15)21-7-5-13(6-8-21)20-9-11-26(22,23)12-10-20/h1-4,13H,5-12H2. The molecule has 0 spiro atoms. The Hall–Kier alpha value is -1.33. The summed E-state index contributed by atoms with van der Waals surface area (Å²) in [7, 11) is -8.39. The summed E-state index contributed by atoms with van der Waals surface area (Å²) < 4.78 is 85.8. The molecule has 2 heterocycles. The summed E-state index contributed by atoms with van der Waals surface area (Å²) in [6.07, 6.45) is 1.28. The van der Waals surface area contributed by atoms with Crippen LogP contribution >= 0.6 is 0 Å². The van der Waals surface area contributed by atoms with Crippen molar-refractivity contribution in [3.63, 3.8) is 0 Å². The lowest BCUT2D eigenvalue weighted by molar-refractivity contribution is -0.0435. The minimum absolute atomic E-state index is 0.0643. The Labute approximate surface area is 156 Å². The van der Waals surface area contributed by atoms with Crippen LogP contribution in [0.5, 0.6) is 0 Å². The number of hydrogen-bond donors (Lipinski definition) is 0. The van der Waals surface area contributed by atoms with Crippen molar-refractivity contribution in [1.82, 2.24) is 4.90 Å². The summed E-state index contributed by atoms with van der Waals surface area (Å²) in [4.78, 5) is 3.05. The number of para-hydroxylation sites is 1. The molecule has 0 N–H and O–H groups in total. The average molecular weight is 426 g/mol. The molecule has 1 aromatic carbocycles.